The highest BCUT2D eigenvalue weighted by Crippen LogP contribution is 2.49. The number of rotatable bonds is 19. The number of alkyl halides is 1. The normalized spacial score (nSPS) is 14.8. The second-order valence-electron chi connectivity index (χ2n) is 29.7. The lowest BCUT2D eigenvalue weighted by Crippen LogP contribution is -2.38. The van der Waals surface area contributed by atoms with Crippen molar-refractivity contribution in [1.82, 2.24) is 44.9 Å². The monoisotopic (exact) mass is 1990 g/mol. The van der Waals surface area contributed by atoms with E-state index in [4.69, 9.17) is 54.9 Å². The Morgan fingerprint density at radius 2 is 0.931 bits per heavy atom. The van der Waals surface area contributed by atoms with Gasteiger partial charge in [0, 0.05) is 176 Å². The summed E-state index contributed by atoms with van der Waals surface area (Å²) in [6.45, 7) is 38.4. The third-order valence-electron chi connectivity index (χ3n) is 19.9. The summed E-state index contributed by atoms with van der Waals surface area (Å²) in [6, 6.07) is 29.7. The number of carbonyl (C=O) groups excluding carboxylic acids is 4. The predicted molar refractivity (Wildman–Crippen MR) is 512 cm³/mol. The number of halogens is 6. The fraction of sp³-hybridized carbons (Fsp3) is 0.447. The van der Waals surface area contributed by atoms with Gasteiger partial charge in [0.2, 0.25) is 17.1 Å². The first-order valence-electron chi connectivity index (χ1n) is 39.1. The summed E-state index contributed by atoms with van der Waals surface area (Å²) in [4.78, 5) is 78.3. The molecule has 1 saturated heterocycles. The molecule has 0 bridgehead atoms. The number of ketones is 1. The zero-order valence-corrected chi connectivity index (χ0v) is 81.3. The number of nitrogens with one attached hydrogen (secondary N) is 3. The Morgan fingerprint density at radius 1 is 0.552 bits per heavy atom. The van der Waals surface area contributed by atoms with Gasteiger partial charge in [-0.3, -0.25) is 33.9 Å². The van der Waals surface area contributed by atoms with Crippen LogP contribution >= 0.6 is 166 Å². The van der Waals surface area contributed by atoms with Crippen molar-refractivity contribution in [3.63, 3.8) is 0 Å². The van der Waals surface area contributed by atoms with Crippen molar-refractivity contribution >= 4 is 245 Å². The maximum atomic E-state index is 12.8. The van der Waals surface area contributed by atoms with E-state index in [-0.39, 0.29) is 23.5 Å². The minimum Gasteiger partial charge on any atom is -0.390 e. The average Bonchev–Trinajstić information content (AvgIpc) is 1.62. The van der Waals surface area contributed by atoms with Crippen LogP contribution in [-0.4, -0.2) is 144 Å². The van der Waals surface area contributed by atoms with Crippen LogP contribution in [0.15, 0.2) is 103 Å². The lowest BCUT2D eigenvalue weighted by molar-refractivity contribution is -0.122. The van der Waals surface area contributed by atoms with Crippen LogP contribution in [0.25, 0.3) is 72.6 Å². The number of hydrogen-bond acceptors (Lipinski definition) is 23. The summed E-state index contributed by atoms with van der Waals surface area (Å²) in [5.74, 6) is 0.629. The van der Waals surface area contributed by atoms with Gasteiger partial charge in [-0.1, -0.05) is 84.1 Å². The first-order valence-corrected chi connectivity index (χ1v) is 48.9. The van der Waals surface area contributed by atoms with Crippen LogP contribution in [0.2, 0.25) is 0 Å². The number of carbonyl (C=O) groups is 4. The molecule has 4 aliphatic rings. The predicted octanol–water partition coefficient (Wildman–Crippen LogP) is 23.4. The van der Waals surface area contributed by atoms with E-state index in [0.717, 1.165) is 198 Å². The number of nitrogen functional groups attached to an aromatic ring is 1. The van der Waals surface area contributed by atoms with Crippen molar-refractivity contribution in [3.8, 4) is 37.8 Å². The molecule has 1 fully saturated rings. The summed E-state index contributed by atoms with van der Waals surface area (Å²) < 4.78 is 8.79. The van der Waals surface area contributed by atoms with E-state index in [1.54, 1.807) is 79.4 Å². The zero-order valence-electron chi connectivity index (χ0n) is 67.8. The number of thiophene rings is 3. The van der Waals surface area contributed by atoms with Crippen LogP contribution in [0.5, 0.6) is 0 Å². The van der Waals surface area contributed by atoms with Crippen LogP contribution < -0.4 is 27.4 Å². The standard InChI is InChI=1S/C24H31BrN4OS2.C20H20BrN3OS2.C17H18BrN3S2.C9H5BrN2S.C8H15NO.C4H11N.C3H4Cl2O/c1-5-15(4)26-10-8-21(30)28-24-22(17-9-11-29(14(2)3)13-20(17)32-24)23-27-18-12-16(25)6-7-19(18)31-23;1-4-17(25)23-20-18(13-7-8-24(11(2)3)10-16(13)27-20)19-22-14-9-12(21)5-6-15(14)26-19;1-9(2)21-6-5-11-14(8-21)22-16(19)15(11)17-20-12-7-10(18)3-4-13(12)23-17;10-6-1-2-8-7(5-6)12-9(13-8)3-4-11;1-7(2)9-5-3-8(10)4-6-9;1-3-4(2)5;4-2-1-3(5)6/h6-7,12,14-15,26H,5,8-11,13H2,1-4H3,(H,28,30);4-6,9,11H,1,7-8,10H2,2-3H3,(H,23,25);3-4,7,9H,5-6,8,19H2,1-2H3;1-2,5H,3H2;7H,3-6H2,1-2H3;4H,3,5H2,1-2H3;1-2H2. The third kappa shape index (κ3) is 26.8. The van der Waals surface area contributed by atoms with Gasteiger partial charge in [-0.2, -0.15) is 5.26 Å². The van der Waals surface area contributed by atoms with Crippen LogP contribution in [0.1, 0.15) is 158 Å². The first kappa shape index (κ1) is 95.0. The molecule has 4 aliphatic heterocycles. The largest absolute Gasteiger partial charge is 0.390 e. The fourth-order valence-corrected chi connectivity index (χ4v) is 22.5. The van der Waals surface area contributed by atoms with Crippen molar-refractivity contribution in [2.75, 3.05) is 61.5 Å². The molecule has 2 amide bonds. The van der Waals surface area contributed by atoms with Gasteiger partial charge in [-0.15, -0.1) is 91.0 Å². The first-order chi connectivity index (χ1) is 55.4. The summed E-state index contributed by atoms with van der Waals surface area (Å²) in [6.07, 6.45) is 9.15. The van der Waals surface area contributed by atoms with Gasteiger partial charge in [0.05, 0.1) is 58.4 Å². The number of amides is 2. The quantitative estimate of drug-likeness (QED) is 0.0287. The molecule has 2 atom stereocenters. The SMILES string of the molecule is C=CC(=O)Nc1sc2c(c1-c1nc3cc(Br)ccc3s1)CCN(C(C)C)C2.CC(C)N1CCC(=O)CC1.CC(C)N1CCc2c(sc(N)c2-c2nc3cc(Br)ccc3s2)C1.CCC(C)N.CCC(C)NCCC(=O)Nc1sc2c(c1-c1nc3cc(Br)ccc3s1)CCN(C(C)C)C2.N#CCc1nc2cc(Br)ccc2s1.O=C(Cl)CCCl. The number of likely N-dealkylation sites (tertiary alicyclic amines) is 1. The second-order valence-corrected chi connectivity index (χ2v) is 41.7. The number of nitriles is 1. The van der Waals surface area contributed by atoms with Crippen molar-refractivity contribution in [1.29, 1.82) is 5.26 Å². The van der Waals surface area contributed by atoms with E-state index in [2.05, 4.69) is 236 Å². The number of benzene rings is 4. The maximum Gasteiger partial charge on any atom is 0.248 e. The number of aromatic nitrogens is 4. The molecule has 4 aromatic carbocycles. The van der Waals surface area contributed by atoms with Gasteiger partial charge in [0.25, 0.3) is 0 Å². The molecule has 11 aromatic rings. The van der Waals surface area contributed by atoms with E-state index < -0.39 is 0 Å². The van der Waals surface area contributed by atoms with Gasteiger partial charge in [-0.05, 0) is 209 Å². The molecule has 622 valence electrons. The Kier molecular flexibility index (Phi) is 37.5. The van der Waals surface area contributed by atoms with E-state index in [9.17, 15) is 19.2 Å². The van der Waals surface area contributed by atoms with Gasteiger partial charge in [0.15, 0.2) is 0 Å². The summed E-state index contributed by atoms with van der Waals surface area (Å²) >= 11 is 35.8. The molecule has 0 saturated carbocycles. The Morgan fingerprint density at radius 3 is 1.30 bits per heavy atom. The summed E-state index contributed by atoms with van der Waals surface area (Å²) in [7, 11) is 0. The molecular weight excluding hydrogens is 1900 g/mol. The smallest absolute Gasteiger partial charge is 0.248 e. The molecule has 0 aliphatic carbocycles. The summed E-state index contributed by atoms with van der Waals surface area (Å²) in [5, 5.41) is 24.5. The van der Waals surface area contributed by atoms with E-state index in [1.807, 2.05) is 37.3 Å². The molecule has 0 radical (unpaired) electrons. The van der Waals surface area contributed by atoms with Crippen LogP contribution in [0.4, 0.5) is 15.0 Å². The molecule has 0 spiro atoms. The van der Waals surface area contributed by atoms with Crippen molar-refractivity contribution < 1.29 is 19.2 Å². The molecule has 15 rings (SSSR count). The molecular formula is C85H104Br4Cl2N14O4S7. The summed E-state index contributed by atoms with van der Waals surface area (Å²) in [5.41, 5.74) is 23.2. The van der Waals surface area contributed by atoms with Gasteiger partial charge in [0.1, 0.15) is 35.8 Å². The number of thiazole rings is 4. The molecule has 2 unspecified atom stereocenters. The Hall–Kier alpha value is -4.89. The van der Waals surface area contributed by atoms with E-state index in [0.29, 0.717) is 67.3 Å². The molecule has 11 heterocycles. The number of nitrogens with two attached hydrogens (primary N) is 2. The average molecular weight is 2000 g/mol. The van der Waals surface area contributed by atoms with Gasteiger partial charge < -0.3 is 32.3 Å². The topological polar surface area (TPSA) is 245 Å². The number of anilines is 3. The molecule has 31 heteroatoms. The molecule has 116 heavy (non-hydrogen) atoms. The number of piperidine rings is 1. The van der Waals surface area contributed by atoms with Gasteiger partial charge in [-0.25, -0.2) is 19.9 Å². The second kappa shape index (κ2) is 45.8. The maximum absolute atomic E-state index is 12.8. The van der Waals surface area contributed by atoms with Crippen molar-refractivity contribution in [3.05, 3.63) is 140 Å². The molecule has 18 nitrogen and oxygen atoms in total. The van der Waals surface area contributed by atoms with Crippen LogP contribution in [0.3, 0.4) is 0 Å². The Balaban J connectivity index is 0.000000167. The van der Waals surface area contributed by atoms with Crippen LogP contribution in [0, 0.1) is 11.3 Å². The fourth-order valence-electron chi connectivity index (χ4n) is 12.9. The number of fused-ring (bicyclic) bond motifs is 7. The highest BCUT2D eigenvalue weighted by atomic mass is 79.9. The number of nitrogens with zero attached hydrogens (tertiary/aromatic N) is 9. The zero-order chi connectivity index (χ0) is 84.2. The highest BCUT2D eigenvalue weighted by Gasteiger charge is 2.32. The third-order valence-corrected chi connectivity index (χ3v) is 29.8. The van der Waals surface area contributed by atoms with Gasteiger partial charge >= 0.3 is 0 Å². The minimum atomic E-state index is -0.370. The van der Waals surface area contributed by atoms with E-state index >= 15 is 0 Å². The lowest BCUT2D eigenvalue weighted by Gasteiger charge is -2.30. The van der Waals surface area contributed by atoms with Crippen molar-refractivity contribution in [2.45, 2.75) is 203 Å². The van der Waals surface area contributed by atoms with Crippen molar-refractivity contribution in [2.24, 2.45) is 5.73 Å². The van der Waals surface area contributed by atoms with Crippen LogP contribution in [-0.2, 0) is 64.5 Å². The van der Waals surface area contributed by atoms with E-state index in [1.165, 1.54) is 47.7 Å². The number of hydrogen-bond donors (Lipinski definition) is 5. The Labute approximate surface area is 754 Å². The lowest BCUT2D eigenvalue weighted by atomic mass is 10.0. The number of Topliss-reactive ketones (excluding diaryl/α,β-unsaturated/α-hetero) is 1. The minimum absolute atomic E-state index is 0.0604. The highest BCUT2D eigenvalue weighted by molar-refractivity contribution is 9.11. The Bertz CT molecular complexity index is 5200. The molecule has 7 aromatic heterocycles. The molecule has 7 N–H and O–H groups in total.